The molecule has 0 radical (unpaired) electrons. The molecule has 0 saturated carbocycles. The molecular formula is C16H24ClN3O. The number of nitrogens with zero attached hydrogens (tertiary/aromatic N) is 2. The van der Waals surface area contributed by atoms with Crippen LogP contribution in [0.25, 0.3) is 0 Å². The molecule has 0 spiro atoms. The zero-order valence-electron chi connectivity index (χ0n) is 13.1. The lowest BCUT2D eigenvalue weighted by Gasteiger charge is -2.30. The minimum Gasteiger partial charge on any atom is -0.320 e. The molecule has 1 aromatic carbocycles. The van der Waals surface area contributed by atoms with Crippen molar-refractivity contribution in [2.75, 3.05) is 20.6 Å². The third kappa shape index (κ3) is 3.57. The first kappa shape index (κ1) is 16.3. The van der Waals surface area contributed by atoms with E-state index in [0.29, 0.717) is 17.6 Å². The predicted octanol–water partition coefficient (Wildman–Crippen LogP) is 2.50. The summed E-state index contributed by atoms with van der Waals surface area (Å²) in [5.41, 5.74) is 1.08. The van der Waals surface area contributed by atoms with Gasteiger partial charge in [-0.3, -0.25) is 10.1 Å². The van der Waals surface area contributed by atoms with E-state index in [1.807, 2.05) is 50.2 Å². The fourth-order valence-corrected chi connectivity index (χ4v) is 2.66. The Morgan fingerprint density at radius 1 is 1.33 bits per heavy atom. The number of rotatable bonds is 5. The van der Waals surface area contributed by atoms with E-state index in [1.54, 1.807) is 0 Å². The van der Waals surface area contributed by atoms with Crippen molar-refractivity contribution in [3.8, 4) is 0 Å². The molecule has 1 aromatic rings. The van der Waals surface area contributed by atoms with Crippen molar-refractivity contribution < 1.29 is 4.79 Å². The SMILES string of the molecule is CCC1NC(c2ccc(Cl)cc2)N(CC(C)N(C)C)C1=O. The number of hydrogen-bond donors (Lipinski definition) is 1. The molecule has 1 fully saturated rings. The summed E-state index contributed by atoms with van der Waals surface area (Å²) < 4.78 is 0. The van der Waals surface area contributed by atoms with Gasteiger partial charge < -0.3 is 9.80 Å². The van der Waals surface area contributed by atoms with Crippen molar-refractivity contribution in [2.45, 2.75) is 38.5 Å². The van der Waals surface area contributed by atoms with E-state index in [-0.39, 0.29) is 18.1 Å². The van der Waals surface area contributed by atoms with Gasteiger partial charge in [-0.1, -0.05) is 30.7 Å². The fourth-order valence-electron chi connectivity index (χ4n) is 2.54. The second kappa shape index (κ2) is 6.77. The van der Waals surface area contributed by atoms with Crippen molar-refractivity contribution in [1.29, 1.82) is 0 Å². The van der Waals surface area contributed by atoms with Gasteiger partial charge in [0.05, 0.1) is 6.04 Å². The van der Waals surface area contributed by atoms with Crippen LogP contribution in [0, 0.1) is 0 Å². The Morgan fingerprint density at radius 3 is 2.48 bits per heavy atom. The van der Waals surface area contributed by atoms with Gasteiger partial charge in [0.2, 0.25) is 5.91 Å². The summed E-state index contributed by atoms with van der Waals surface area (Å²) in [5.74, 6) is 0.186. The molecule has 2 rings (SSSR count). The topological polar surface area (TPSA) is 35.6 Å². The van der Waals surface area contributed by atoms with Crippen molar-refractivity contribution in [3.05, 3.63) is 34.9 Å². The first-order chi connectivity index (χ1) is 9.93. The molecule has 4 nitrogen and oxygen atoms in total. The van der Waals surface area contributed by atoms with Crippen molar-refractivity contribution in [2.24, 2.45) is 0 Å². The van der Waals surface area contributed by atoms with E-state index < -0.39 is 0 Å². The third-order valence-electron chi connectivity index (χ3n) is 4.19. The molecule has 116 valence electrons. The molecule has 1 saturated heterocycles. The Labute approximate surface area is 132 Å². The Balaban J connectivity index is 2.23. The summed E-state index contributed by atoms with van der Waals surface area (Å²) >= 11 is 5.96. The summed E-state index contributed by atoms with van der Waals surface area (Å²) in [7, 11) is 4.07. The number of benzene rings is 1. The fraction of sp³-hybridized carbons (Fsp3) is 0.562. The minimum atomic E-state index is -0.0972. The van der Waals surface area contributed by atoms with Crippen LogP contribution in [0.1, 0.15) is 32.0 Å². The quantitative estimate of drug-likeness (QED) is 0.908. The van der Waals surface area contributed by atoms with Crippen LogP contribution in [-0.4, -0.2) is 48.4 Å². The molecule has 0 bridgehead atoms. The molecule has 0 aromatic heterocycles. The van der Waals surface area contributed by atoms with E-state index >= 15 is 0 Å². The van der Waals surface area contributed by atoms with Gasteiger partial charge in [0, 0.05) is 17.6 Å². The predicted molar refractivity (Wildman–Crippen MR) is 86.3 cm³/mol. The van der Waals surface area contributed by atoms with E-state index in [0.717, 1.165) is 12.0 Å². The van der Waals surface area contributed by atoms with Crippen LogP contribution in [0.3, 0.4) is 0 Å². The number of carbonyl (C=O) groups excluding carboxylic acids is 1. The number of carbonyl (C=O) groups is 1. The van der Waals surface area contributed by atoms with Gasteiger partial charge >= 0.3 is 0 Å². The largest absolute Gasteiger partial charge is 0.320 e. The molecule has 0 aliphatic carbocycles. The molecule has 1 N–H and O–H groups in total. The normalized spacial score (nSPS) is 23.9. The number of halogens is 1. The van der Waals surface area contributed by atoms with Gasteiger partial charge in [-0.2, -0.15) is 0 Å². The molecule has 1 aliphatic heterocycles. The average molecular weight is 310 g/mol. The van der Waals surface area contributed by atoms with E-state index in [9.17, 15) is 4.79 Å². The maximum Gasteiger partial charge on any atom is 0.241 e. The summed E-state index contributed by atoms with van der Waals surface area (Å²) in [5, 5.41) is 4.15. The highest BCUT2D eigenvalue weighted by Crippen LogP contribution is 2.27. The van der Waals surface area contributed by atoms with E-state index in [2.05, 4.69) is 17.1 Å². The van der Waals surface area contributed by atoms with Crippen molar-refractivity contribution in [1.82, 2.24) is 15.1 Å². The maximum atomic E-state index is 12.6. The van der Waals surface area contributed by atoms with Gasteiger partial charge in [-0.05, 0) is 45.1 Å². The molecule has 3 unspecified atom stereocenters. The molecular weight excluding hydrogens is 286 g/mol. The van der Waals surface area contributed by atoms with Crippen LogP contribution in [0.15, 0.2) is 24.3 Å². The zero-order chi connectivity index (χ0) is 15.6. The lowest BCUT2D eigenvalue weighted by molar-refractivity contribution is -0.130. The molecule has 1 amide bonds. The molecule has 1 heterocycles. The van der Waals surface area contributed by atoms with Crippen LogP contribution in [0.5, 0.6) is 0 Å². The Hall–Kier alpha value is -1.10. The summed E-state index contributed by atoms with van der Waals surface area (Å²) in [4.78, 5) is 16.6. The van der Waals surface area contributed by atoms with Gasteiger partial charge in [-0.15, -0.1) is 0 Å². The van der Waals surface area contributed by atoms with Crippen LogP contribution in [-0.2, 0) is 4.79 Å². The second-order valence-corrected chi connectivity index (χ2v) is 6.32. The van der Waals surface area contributed by atoms with Crippen LogP contribution >= 0.6 is 11.6 Å². The van der Waals surface area contributed by atoms with E-state index in [1.165, 1.54) is 0 Å². The Kier molecular flexibility index (Phi) is 5.25. The summed E-state index contributed by atoms with van der Waals surface area (Å²) in [6.07, 6.45) is 0.734. The highest BCUT2D eigenvalue weighted by Gasteiger charge is 2.39. The molecule has 3 atom stereocenters. The van der Waals surface area contributed by atoms with Gasteiger partial charge in [0.15, 0.2) is 0 Å². The van der Waals surface area contributed by atoms with E-state index in [4.69, 9.17) is 11.6 Å². The number of likely N-dealkylation sites (N-methyl/N-ethyl adjacent to an activating group) is 1. The smallest absolute Gasteiger partial charge is 0.241 e. The molecule has 5 heteroatoms. The zero-order valence-corrected chi connectivity index (χ0v) is 13.9. The van der Waals surface area contributed by atoms with Gasteiger partial charge in [-0.25, -0.2) is 0 Å². The van der Waals surface area contributed by atoms with Crippen molar-refractivity contribution in [3.63, 3.8) is 0 Å². The second-order valence-electron chi connectivity index (χ2n) is 5.88. The number of nitrogens with one attached hydrogen (secondary N) is 1. The van der Waals surface area contributed by atoms with Crippen LogP contribution < -0.4 is 5.32 Å². The molecule has 1 aliphatic rings. The Bertz CT molecular complexity index is 489. The lowest BCUT2D eigenvalue weighted by atomic mass is 10.1. The lowest BCUT2D eigenvalue weighted by Crippen LogP contribution is -2.41. The van der Waals surface area contributed by atoms with Crippen LogP contribution in [0.4, 0.5) is 0 Å². The van der Waals surface area contributed by atoms with Gasteiger partial charge in [0.25, 0.3) is 0 Å². The highest BCUT2D eigenvalue weighted by atomic mass is 35.5. The number of hydrogen-bond acceptors (Lipinski definition) is 3. The maximum absolute atomic E-state index is 12.6. The highest BCUT2D eigenvalue weighted by molar-refractivity contribution is 6.30. The Morgan fingerprint density at radius 2 is 1.95 bits per heavy atom. The molecule has 21 heavy (non-hydrogen) atoms. The first-order valence-electron chi connectivity index (χ1n) is 7.42. The summed E-state index contributed by atoms with van der Waals surface area (Å²) in [6.45, 7) is 4.88. The average Bonchev–Trinajstić information content (AvgIpc) is 2.76. The monoisotopic (exact) mass is 309 g/mol. The minimum absolute atomic E-state index is 0.0675. The number of amides is 1. The van der Waals surface area contributed by atoms with Crippen molar-refractivity contribution >= 4 is 17.5 Å². The summed E-state index contributed by atoms with van der Waals surface area (Å²) in [6, 6.07) is 7.92. The third-order valence-corrected chi connectivity index (χ3v) is 4.44. The first-order valence-corrected chi connectivity index (χ1v) is 7.80. The standard InChI is InChI=1S/C16H24ClN3O/c1-5-14-16(21)20(10-11(2)19(3)4)15(18-14)12-6-8-13(17)9-7-12/h6-9,11,14-15,18H,5,10H2,1-4H3. The van der Waals surface area contributed by atoms with Crippen LogP contribution in [0.2, 0.25) is 5.02 Å². The van der Waals surface area contributed by atoms with Gasteiger partial charge in [0.1, 0.15) is 6.17 Å².